The third kappa shape index (κ3) is 7.91. The lowest BCUT2D eigenvalue weighted by Gasteiger charge is -2.28. The summed E-state index contributed by atoms with van der Waals surface area (Å²) in [6.45, 7) is 1.26. The molecule has 0 aliphatic carbocycles. The predicted molar refractivity (Wildman–Crippen MR) is 124 cm³/mol. The van der Waals surface area contributed by atoms with Crippen LogP contribution in [0.25, 0.3) is 0 Å². The predicted octanol–water partition coefficient (Wildman–Crippen LogP) is 1.65. The molecule has 0 saturated heterocycles. The third-order valence-corrected chi connectivity index (χ3v) is 5.28. The average molecular weight is 485 g/mol. The van der Waals surface area contributed by atoms with Gasteiger partial charge in [-0.05, 0) is 11.1 Å². The van der Waals surface area contributed by atoms with Crippen LogP contribution >= 0.6 is 0 Å². The zero-order valence-corrected chi connectivity index (χ0v) is 19.6. The van der Waals surface area contributed by atoms with Gasteiger partial charge in [0.2, 0.25) is 11.8 Å². The number of esters is 2. The average Bonchev–Trinajstić information content (AvgIpc) is 2.85. The minimum Gasteiger partial charge on any atom is -0.469 e. The van der Waals surface area contributed by atoms with Gasteiger partial charge in [0.25, 0.3) is 5.69 Å². The van der Waals surface area contributed by atoms with E-state index in [2.05, 4.69) is 10.6 Å². The maximum atomic E-state index is 13.2. The molecule has 0 spiro atoms. The number of ether oxygens (including phenoxy) is 2. The Hall–Kier alpha value is -4.28. The molecule has 2 rings (SSSR count). The molecule has 11 heteroatoms. The summed E-state index contributed by atoms with van der Waals surface area (Å²) in [6, 6.07) is 11.8. The van der Waals surface area contributed by atoms with E-state index in [4.69, 9.17) is 9.47 Å². The van der Waals surface area contributed by atoms with Crippen molar-refractivity contribution in [3.05, 3.63) is 75.8 Å². The first-order valence-electron chi connectivity index (χ1n) is 10.7. The maximum Gasteiger partial charge on any atom is 0.329 e. The van der Waals surface area contributed by atoms with Crippen LogP contribution in [0.4, 0.5) is 5.69 Å². The smallest absolute Gasteiger partial charge is 0.329 e. The van der Waals surface area contributed by atoms with E-state index in [1.807, 2.05) is 6.07 Å². The first kappa shape index (κ1) is 27.0. The van der Waals surface area contributed by atoms with Gasteiger partial charge < -0.3 is 20.1 Å². The number of nitrogens with zero attached hydrogens (tertiary/aromatic N) is 1. The fourth-order valence-electron chi connectivity index (χ4n) is 3.54. The van der Waals surface area contributed by atoms with Gasteiger partial charge in [-0.3, -0.25) is 24.5 Å². The van der Waals surface area contributed by atoms with Gasteiger partial charge in [-0.1, -0.05) is 42.5 Å². The summed E-state index contributed by atoms with van der Waals surface area (Å²) in [7, 11) is 2.30. The zero-order valence-electron chi connectivity index (χ0n) is 19.6. The number of amides is 2. The van der Waals surface area contributed by atoms with E-state index in [0.717, 1.165) is 12.7 Å². The molecular weight excluding hydrogens is 458 g/mol. The summed E-state index contributed by atoms with van der Waals surface area (Å²) >= 11 is 0. The molecule has 0 fully saturated rings. The zero-order chi connectivity index (χ0) is 26.0. The van der Waals surface area contributed by atoms with E-state index in [-0.39, 0.29) is 18.5 Å². The molecule has 0 aliphatic heterocycles. The number of non-ortho nitro benzene ring substituents is 1. The molecule has 2 N–H and O–H groups in total. The number of carbonyl (C=O) groups excluding carboxylic acids is 4. The van der Waals surface area contributed by atoms with Crippen molar-refractivity contribution in [2.45, 2.75) is 37.8 Å². The van der Waals surface area contributed by atoms with E-state index in [1.54, 1.807) is 24.3 Å². The van der Waals surface area contributed by atoms with Crippen molar-refractivity contribution in [1.82, 2.24) is 10.6 Å². The number of hydrogen-bond donors (Lipinski definition) is 2. The molecule has 3 atom stereocenters. The summed E-state index contributed by atoms with van der Waals surface area (Å²) in [5.41, 5.74) is 0.964. The molecule has 2 amide bonds. The van der Waals surface area contributed by atoms with Crippen LogP contribution in [0.1, 0.15) is 30.4 Å². The molecule has 0 unspecified atom stereocenters. The van der Waals surface area contributed by atoms with Gasteiger partial charge in [0.05, 0.1) is 25.6 Å². The second-order valence-corrected chi connectivity index (χ2v) is 7.69. The van der Waals surface area contributed by atoms with Gasteiger partial charge in [0, 0.05) is 31.4 Å². The van der Waals surface area contributed by atoms with Gasteiger partial charge in [-0.15, -0.1) is 0 Å². The molecule has 0 heterocycles. The number of nitrogens with one attached hydrogen (secondary N) is 2. The molecule has 0 aliphatic rings. The summed E-state index contributed by atoms with van der Waals surface area (Å²) in [6.07, 6.45) is -0.169. The molecule has 2 aromatic carbocycles. The maximum absolute atomic E-state index is 13.2. The number of carbonyl (C=O) groups is 4. The quantitative estimate of drug-likeness (QED) is 0.277. The second-order valence-electron chi connectivity index (χ2n) is 7.69. The van der Waals surface area contributed by atoms with E-state index in [1.165, 1.54) is 38.3 Å². The Bertz CT molecular complexity index is 1060. The fraction of sp³-hybridized carbons (Fsp3) is 0.333. The Morgan fingerprint density at radius 1 is 0.943 bits per heavy atom. The summed E-state index contributed by atoms with van der Waals surface area (Å²) in [5.74, 6) is -3.59. The monoisotopic (exact) mass is 485 g/mol. The van der Waals surface area contributed by atoms with Crippen LogP contribution in [0, 0.1) is 10.1 Å². The lowest BCUT2D eigenvalue weighted by molar-refractivity contribution is -0.384. The minimum atomic E-state index is -1.35. The van der Waals surface area contributed by atoms with Crippen molar-refractivity contribution >= 4 is 29.4 Å². The Balaban J connectivity index is 2.40. The number of rotatable bonds is 11. The summed E-state index contributed by atoms with van der Waals surface area (Å²) < 4.78 is 9.61. The van der Waals surface area contributed by atoms with Crippen LogP contribution in [0.5, 0.6) is 0 Å². The van der Waals surface area contributed by atoms with Crippen LogP contribution in [0.3, 0.4) is 0 Å². The Morgan fingerprint density at radius 2 is 1.57 bits per heavy atom. The highest BCUT2D eigenvalue weighted by molar-refractivity contribution is 5.91. The lowest BCUT2D eigenvalue weighted by atomic mass is 9.87. The first-order chi connectivity index (χ1) is 16.7. The Morgan fingerprint density at radius 3 is 2.09 bits per heavy atom. The number of benzene rings is 2. The summed E-state index contributed by atoms with van der Waals surface area (Å²) in [4.78, 5) is 60.3. The Labute approximate surface area is 201 Å². The van der Waals surface area contributed by atoms with Crippen molar-refractivity contribution in [1.29, 1.82) is 0 Å². The normalized spacial score (nSPS) is 13.0. The van der Waals surface area contributed by atoms with Crippen LogP contribution in [-0.2, 0) is 35.1 Å². The van der Waals surface area contributed by atoms with E-state index >= 15 is 0 Å². The number of methoxy groups -OCH3 is 2. The summed E-state index contributed by atoms with van der Waals surface area (Å²) in [5, 5.41) is 16.2. The molecule has 0 radical (unpaired) electrons. The highest BCUT2D eigenvalue weighted by Gasteiger charge is 2.36. The molecule has 0 saturated carbocycles. The molecule has 186 valence electrons. The van der Waals surface area contributed by atoms with Gasteiger partial charge in [-0.25, -0.2) is 4.79 Å². The van der Waals surface area contributed by atoms with Crippen molar-refractivity contribution < 1.29 is 33.6 Å². The Kier molecular flexibility index (Phi) is 9.88. The van der Waals surface area contributed by atoms with Crippen LogP contribution in [-0.4, -0.2) is 55.0 Å². The molecule has 2 aromatic rings. The standard InChI is InChI=1S/C24H27N3O8/c1-15(28)25-20(13-16-7-5-4-6-8-16)23(30)26-22(24(31)35-3)19(14-21(29)34-2)17-9-11-18(12-10-17)27(32)33/h4-12,19-20,22H,13-14H2,1-3H3,(H,25,28)(H,26,30)/t19-,20+,22-/m1/s1. The largest absolute Gasteiger partial charge is 0.469 e. The van der Waals surface area contributed by atoms with Gasteiger partial charge in [-0.2, -0.15) is 0 Å². The fourth-order valence-corrected chi connectivity index (χ4v) is 3.54. The van der Waals surface area contributed by atoms with Gasteiger partial charge >= 0.3 is 11.9 Å². The minimum absolute atomic E-state index is 0.152. The topological polar surface area (TPSA) is 154 Å². The lowest BCUT2D eigenvalue weighted by Crippen LogP contribution is -2.54. The molecule has 0 bridgehead atoms. The number of nitro groups is 1. The van der Waals surface area contributed by atoms with E-state index in [0.29, 0.717) is 5.56 Å². The second kappa shape index (κ2) is 12.8. The first-order valence-corrected chi connectivity index (χ1v) is 10.7. The van der Waals surface area contributed by atoms with E-state index < -0.39 is 46.7 Å². The van der Waals surface area contributed by atoms with E-state index in [9.17, 15) is 29.3 Å². The van der Waals surface area contributed by atoms with Crippen LogP contribution < -0.4 is 10.6 Å². The highest BCUT2D eigenvalue weighted by Crippen LogP contribution is 2.27. The van der Waals surface area contributed by atoms with Gasteiger partial charge in [0.1, 0.15) is 12.1 Å². The van der Waals surface area contributed by atoms with Crippen LogP contribution in [0.2, 0.25) is 0 Å². The van der Waals surface area contributed by atoms with Gasteiger partial charge in [0.15, 0.2) is 0 Å². The molecular formula is C24H27N3O8. The third-order valence-electron chi connectivity index (χ3n) is 5.28. The van der Waals surface area contributed by atoms with Crippen molar-refractivity contribution in [2.24, 2.45) is 0 Å². The number of nitro benzene ring substituents is 1. The molecule has 11 nitrogen and oxygen atoms in total. The number of hydrogen-bond acceptors (Lipinski definition) is 8. The highest BCUT2D eigenvalue weighted by atomic mass is 16.6. The van der Waals surface area contributed by atoms with Crippen molar-refractivity contribution in [3.8, 4) is 0 Å². The van der Waals surface area contributed by atoms with Crippen molar-refractivity contribution in [3.63, 3.8) is 0 Å². The molecule has 35 heavy (non-hydrogen) atoms. The van der Waals surface area contributed by atoms with Crippen LogP contribution in [0.15, 0.2) is 54.6 Å². The molecule has 0 aromatic heterocycles. The van der Waals surface area contributed by atoms with Crippen molar-refractivity contribution in [2.75, 3.05) is 14.2 Å². The SMILES string of the molecule is COC(=O)C[C@H](c1ccc([N+](=O)[O-])cc1)[C@@H](NC(=O)[C@H](Cc1ccccc1)NC(C)=O)C(=O)OC.